The first-order valence-corrected chi connectivity index (χ1v) is 5.48. The quantitative estimate of drug-likeness (QED) is 0.858. The zero-order valence-corrected chi connectivity index (χ0v) is 9.69. The van der Waals surface area contributed by atoms with E-state index >= 15 is 0 Å². The van der Waals surface area contributed by atoms with Gasteiger partial charge in [0.05, 0.1) is 4.47 Å². The SMILES string of the molecule is CCCc1cc(CC)cc(Br)c1O. The molecule has 0 aliphatic carbocycles. The molecule has 0 radical (unpaired) electrons. The summed E-state index contributed by atoms with van der Waals surface area (Å²) in [6, 6.07) is 4.07. The first-order chi connectivity index (χ1) is 6.19. The summed E-state index contributed by atoms with van der Waals surface area (Å²) in [5, 5.41) is 9.70. The first-order valence-electron chi connectivity index (χ1n) is 4.69. The van der Waals surface area contributed by atoms with Crippen LogP contribution in [0.4, 0.5) is 0 Å². The van der Waals surface area contributed by atoms with Gasteiger partial charge < -0.3 is 5.11 Å². The Balaban J connectivity index is 3.09. The van der Waals surface area contributed by atoms with E-state index in [9.17, 15) is 5.11 Å². The summed E-state index contributed by atoms with van der Waals surface area (Å²) in [4.78, 5) is 0. The molecule has 1 aromatic rings. The number of halogens is 1. The third-order valence-electron chi connectivity index (χ3n) is 2.13. The molecule has 0 bridgehead atoms. The largest absolute Gasteiger partial charge is 0.506 e. The summed E-state index contributed by atoms with van der Waals surface area (Å²) >= 11 is 3.36. The zero-order chi connectivity index (χ0) is 9.84. The lowest BCUT2D eigenvalue weighted by Gasteiger charge is -2.07. The zero-order valence-electron chi connectivity index (χ0n) is 8.10. The molecule has 2 heteroatoms. The van der Waals surface area contributed by atoms with Gasteiger partial charge in [0, 0.05) is 0 Å². The van der Waals surface area contributed by atoms with Crippen LogP contribution in [0, 0.1) is 0 Å². The fourth-order valence-corrected chi connectivity index (χ4v) is 1.93. The molecular weight excluding hydrogens is 228 g/mol. The molecule has 0 heterocycles. The molecule has 1 aromatic carbocycles. The molecule has 0 saturated heterocycles. The number of hydrogen-bond donors (Lipinski definition) is 1. The van der Waals surface area contributed by atoms with Gasteiger partial charge in [-0.15, -0.1) is 0 Å². The van der Waals surface area contributed by atoms with Crippen molar-refractivity contribution in [1.29, 1.82) is 0 Å². The molecule has 0 unspecified atom stereocenters. The van der Waals surface area contributed by atoms with Crippen LogP contribution in [0.15, 0.2) is 16.6 Å². The number of hydrogen-bond acceptors (Lipinski definition) is 1. The third kappa shape index (κ3) is 2.47. The molecule has 0 aliphatic rings. The van der Waals surface area contributed by atoms with Crippen LogP contribution in [0.2, 0.25) is 0 Å². The summed E-state index contributed by atoms with van der Waals surface area (Å²) in [5.41, 5.74) is 2.32. The van der Waals surface area contributed by atoms with Gasteiger partial charge in [0.1, 0.15) is 5.75 Å². The monoisotopic (exact) mass is 242 g/mol. The number of aromatic hydroxyl groups is 1. The highest BCUT2D eigenvalue weighted by atomic mass is 79.9. The minimum absolute atomic E-state index is 0.402. The fourth-order valence-electron chi connectivity index (χ4n) is 1.38. The predicted octanol–water partition coefficient (Wildman–Crippen LogP) is 3.67. The number of benzene rings is 1. The molecule has 0 aromatic heterocycles. The molecule has 1 N–H and O–H groups in total. The van der Waals surface area contributed by atoms with Crippen molar-refractivity contribution >= 4 is 15.9 Å². The highest BCUT2D eigenvalue weighted by molar-refractivity contribution is 9.10. The lowest BCUT2D eigenvalue weighted by molar-refractivity contribution is 0.464. The van der Waals surface area contributed by atoms with Crippen LogP contribution < -0.4 is 0 Å². The van der Waals surface area contributed by atoms with Crippen LogP contribution in [-0.4, -0.2) is 5.11 Å². The van der Waals surface area contributed by atoms with Crippen molar-refractivity contribution in [2.45, 2.75) is 33.1 Å². The van der Waals surface area contributed by atoms with E-state index in [2.05, 4.69) is 35.8 Å². The van der Waals surface area contributed by atoms with E-state index in [0.717, 1.165) is 29.3 Å². The van der Waals surface area contributed by atoms with E-state index in [1.54, 1.807) is 0 Å². The molecule has 0 amide bonds. The van der Waals surface area contributed by atoms with E-state index < -0.39 is 0 Å². The minimum atomic E-state index is 0.402. The maximum Gasteiger partial charge on any atom is 0.132 e. The minimum Gasteiger partial charge on any atom is -0.506 e. The van der Waals surface area contributed by atoms with Gasteiger partial charge in [-0.2, -0.15) is 0 Å². The molecule has 1 rings (SSSR count). The highest BCUT2D eigenvalue weighted by Gasteiger charge is 2.06. The maximum absolute atomic E-state index is 9.70. The Labute approximate surface area is 87.9 Å². The van der Waals surface area contributed by atoms with Gasteiger partial charge in [0.15, 0.2) is 0 Å². The van der Waals surface area contributed by atoms with Crippen LogP contribution in [0.25, 0.3) is 0 Å². The topological polar surface area (TPSA) is 20.2 Å². The Morgan fingerprint density at radius 1 is 1.31 bits per heavy atom. The second-order valence-corrected chi connectivity index (χ2v) is 4.04. The van der Waals surface area contributed by atoms with Crippen molar-refractivity contribution in [1.82, 2.24) is 0 Å². The number of phenols is 1. The first kappa shape index (κ1) is 10.6. The van der Waals surface area contributed by atoms with Crippen molar-refractivity contribution in [3.8, 4) is 5.75 Å². The Morgan fingerprint density at radius 2 is 2.00 bits per heavy atom. The van der Waals surface area contributed by atoms with Crippen molar-refractivity contribution in [2.75, 3.05) is 0 Å². The Bertz CT molecular complexity index is 294. The summed E-state index contributed by atoms with van der Waals surface area (Å²) in [7, 11) is 0. The van der Waals surface area contributed by atoms with Crippen LogP contribution in [0.3, 0.4) is 0 Å². The van der Waals surface area contributed by atoms with Gasteiger partial charge >= 0.3 is 0 Å². The van der Waals surface area contributed by atoms with Crippen molar-refractivity contribution in [3.63, 3.8) is 0 Å². The normalized spacial score (nSPS) is 10.4. The van der Waals surface area contributed by atoms with Crippen LogP contribution in [0.1, 0.15) is 31.4 Å². The van der Waals surface area contributed by atoms with Crippen LogP contribution in [0.5, 0.6) is 5.75 Å². The molecule has 0 spiro atoms. The molecule has 13 heavy (non-hydrogen) atoms. The van der Waals surface area contributed by atoms with Crippen LogP contribution in [-0.2, 0) is 12.8 Å². The molecule has 0 fully saturated rings. The second kappa shape index (κ2) is 4.66. The summed E-state index contributed by atoms with van der Waals surface area (Å²) < 4.78 is 0.815. The molecule has 0 saturated carbocycles. The van der Waals surface area contributed by atoms with Gasteiger partial charge in [-0.05, 0) is 46.0 Å². The smallest absolute Gasteiger partial charge is 0.132 e. The Hall–Kier alpha value is -0.500. The standard InChI is InChI=1S/C11H15BrO/c1-3-5-9-6-8(4-2)7-10(12)11(9)13/h6-7,13H,3-5H2,1-2H3. The van der Waals surface area contributed by atoms with Crippen LogP contribution >= 0.6 is 15.9 Å². The summed E-state index contributed by atoms with van der Waals surface area (Å²) in [6.45, 7) is 4.24. The summed E-state index contributed by atoms with van der Waals surface area (Å²) in [5.74, 6) is 0.402. The predicted molar refractivity (Wildman–Crippen MR) is 59.2 cm³/mol. The number of phenolic OH excluding ortho intramolecular Hbond substituents is 1. The van der Waals surface area contributed by atoms with Crippen molar-refractivity contribution < 1.29 is 5.11 Å². The molecular formula is C11H15BrO. The van der Waals surface area contributed by atoms with Gasteiger partial charge in [-0.1, -0.05) is 26.3 Å². The average molecular weight is 243 g/mol. The highest BCUT2D eigenvalue weighted by Crippen LogP contribution is 2.30. The molecule has 0 aliphatic heterocycles. The van der Waals surface area contributed by atoms with Gasteiger partial charge in [-0.25, -0.2) is 0 Å². The Morgan fingerprint density at radius 3 is 2.54 bits per heavy atom. The van der Waals surface area contributed by atoms with E-state index in [-0.39, 0.29) is 0 Å². The summed E-state index contributed by atoms with van der Waals surface area (Å²) in [6.07, 6.45) is 3.01. The number of rotatable bonds is 3. The second-order valence-electron chi connectivity index (χ2n) is 3.19. The lowest BCUT2D eigenvalue weighted by Crippen LogP contribution is -1.89. The number of aryl methyl sites for hydroxylation is 2. The molecule has 0 atom stereocenters. The van der Waals surface area contributed by atoms with Crippen molar-refractivity contribution in [3.05, 3.63) is 27.7 Å². The van der Waals surface area contributed by atoms with E-state index in [0.29, 0.717) is 5.75 Å². The maximum atomic E-state index is 9.70. The van der Waals surface area contributed by atoms with E-state index in [4.69, 9.17) is 0 Å². The van der Waals surface area contributed by atoms with E-state index in [1.165, 1.54) is 5.56 Å². The van der Waals surface area contributed by atoms with Crippen molar-refractivity contribution in [2.24, 2.45) is 0 Å². The third-order valence-corrected chi connectivity index (χ3v) is 2.73. The fraction of sp³-hybridized carbons (Fsp3) is 0.455. The van der Waals surface area contributed by atoms with Gasteiger partial charge in [0.25, 0.3) is 0 Å². The Kier molecular flexibility index (Phi) is 3.79. The molecule has 72 valence electrons. The lowest BCUT2D eigenvalue weighted by atomic mass is 10.0. The average Bonchev–Trinajstić information content (AvgIpc) is 2.13. The molecule has 1 nitrogen and oxygen atoms in total. The van der Waals surface area contributed by atoms with E-state index in [1.807, 2.05) is 6.07 Å². The van der Waals surface area contributed by atoms with Gasteiger partial charge in [0.2, 0.25) is 0 Å². The van der Waals surface area contributed by atoms with Gasteiger partial charge in [-0.3, -0.25) is 0 Å².